The SMILES string of the molecule is [2H]c1c([2H])c([2H])c2c(c1[2H])c1c([2H])c([2H])c([2H])c([2H])c1n2-c1cc2c3c(c1)N(c1cccc4c1oc1c(-n5c6ccc(C(C)(C)C)cc6c6cc(C(C)(C)C)ccc65)cccc14)c1cc(-c4cc(C(C)(C)C)cc(C(C)(C)C)c4)ccc1C3c1ccc(C3c4ccc(C(C)(C)C)cc4-c4cc(C(C)(C)C)ccc43)cc1N2c1cc(-c2ccccc2)cc(-c2ccccc2)c1. The minimum atomic E-state index is -0.532. The zero-order chi connectivity index (χ0) is 90.6. The zero-order valence-corrected chi connectivity index (χ0v) is 72.6. The Hall–Kier alpha value is -12.7. The van der Waals surface area contributed by atoms with Crippen molar-refractivity contribution >= 4 is 99.7 Å². The molecule has 121 heavy (non-hydrogen) atoms. The third-order valence-electron chi connectivity index (χ3n) is 26.3. The summed E-state index contributed by atoms with van der Waals surface area (Å²) in [4.78, 5) is 4.80. The van der Waals surface area contributed by atoms with Gasteiger partial charge in [-0.1, -0.05) is 337 Å². The predicted octanol–water partition coefficient (Wildman–Crippen LogP) is 32.5. The van der Waals surface area contributed by atoms with Crippen LogP contribution in [0.1, 0.15) is 214 Å². The van der Waals surface area contributed by atoms with Gasteiger partial charge in [0.25, 0.3) is 0 Å². The maximum Gasteiger partial charge on any atom is 0.159 e. The maximum atomic E-state index is 10.3. The van der Waals surface area contributed by atoms with E-state index in [4.69, 9.17) is 4.42 Å². The molecule has 0 saturated carbocycles. The molecule has 5 heterocycles. The molecular formula is C116H106N4O. The number of para-hydroxylation sites is 4. The van der Waals surface area contributed by atoms with E-state index in [1.54, 1.807) is 4.57 Å². The van der Waals surface area contributed by atoms with Crippen molar-refractivity contribution in [2.45, 2.75) is 169 Å². The van der Waals surface area contributed by atoms with Crippen molar-refractivity contribution in [3.8, 4) is 55.9 Å². The van der Waals surface area contributed by atoms with Crippen molar-refractivity contribution in [3.63, 3.8) is 0 Å². The topological polar surface area (TPSA) is 29.5 Å². The van der Waals surface area contributed by atoms with Gasteiger partial charge in [0.15, 0.2) is 11.2 Å². The second-order valence-corrected chi connectivity index (χ2v) is 40.4. The molecule has 0 radical (unpaired) electrons. The number of rotatable bonds is 8. The van der Waals surface area contributed by atoms with Crippen LogP contribution in [0.3, 0.4) is 0 Å². The van der Waals surface area contributed by atoms with E-state index in [1.165, 1.54) is 55.6 Å². The molecule has 15 aromatic carbocycles. The zero-order valence-electron chi connectivity index (χ0n) is 80.6. The van der Waals surface area contributed by atoms with Gasteiger partial charge in [0.1, 0.15) is 0 Å². The molecule has 18 aromatic rings. The van der Waals surface area contributed by atoms with Crippen LogP contribution in [0.5, 0.6) is 0 Å². The largest absolute Gasteiger partial charge is 0.452 e. The molecule has 2 aliphatic heterocycles. The minimum absolute atomic E-state index is 0.0108. The van der Waals surface area contributed by atoms with Gasteiger partial charge in [-0.2, -0.15) is 0 Å². The van der Waals surface area contributed by atoms with Gasteiger partial charge in [0, 0.05) is 55.4 Å². The number of hydrogen-bond donors (Lipinski definition) is 0. The summed E-state index contributed by atoms with van der Waals surface area (Å²) in [6.07, 6.45) is 0. The summed E-state index contributed by atoms with van der Waals surface area (Å²) in [5.41, 5.74) is 30.8. The van der Waals surface area contributed by atoms with Gasteiger partial charge in [-0.3, -0.25) is 0 Å². The Morgan fingerprint density at radius 1 is 0.256 bits per heavy atom. The molecule has 0 N–H and O–H groups in total. The molecule has 0 spiro atoms. The van der Waals surface area contributed by atoms with Crippen molar-refractivity contribution in [1.29, 1.82) is 0 Å². The van der Waals surface area contributed by atoms with Gasteiger partial charge in [-0.05, 0) is 229 Å². The number of aromatic nitrogens is 2. The Bertz CT molecular complexity index is 7550. The summed E-state index contributed by atoms with van der Waals surface area (Å²) in [7, 11) is 0. The highest BCUT2D eigenvalue weighted by atomic mass is 16.3. The molecule has 1 aliphatic carbocycles. The first kappa shape index (κ1) is 67.1. The van der Waals surface area contributed by atoms with E-state index >= 15 is 0 Å². The number of hydrogen-bond acceptors (Lipinski definition) is 3. The molecule has 21 rings (SSSR count). The summed E-state index contributed by atoms with van der Waals surface area (Å²) in [6.45, 7) is 41.1. The normalized spacial score (nSPS) is 15.3. The summed E-state index contributed by atoms with van der Waals surface area (Å²) in [5.74, 6) is -0.746. The molecule has 0 saturated heterocycles. The van der Waals surface area contributed by atoms with Gasteiger partial charge in [-0.15, -0.1) is 0 Å². The van der Waals surface area contributed by atoms with E-state index in [9.17, 15) is 11.0 Å². The highest BCUT2D eigenvalue weighted by Crippen LogP contribution is 2.64. The van der Waals surface area contributed by atoms with Gasteiger partial charge in [0.05, 0.1) is 72.8 Å². The fourth-order valence-corrected chi connectivity index (χ4v) is 19.6. The molecule has 1 unspecified atom stereocenters. The average Bonchev–Trinajstić information content (AvgIpc) is 0.827. The van der Waals surface area contributed by atoms with Crippen LogP contribution in [-0.2, 0) is 32.5 Å². The van der Waals surface area contributed by atoms with Crippen LogP contribution in [-0.4, -0.2) is 9.13 Å². The van der Waals surface area contributed by atoms with Crippen LogP contribution in [0.25, 0.3) is 121 Å². The Labute approximate surface area is 724 Å². The summed E-state index contributed by atoms with van der Waals surface area (Å²) in [5, 5.41) is 4.08. The first-order chi connectivity index (χ1) is 61.1. The number of benzene rings is 15. The van der Waals surface area contributed by atoms with Crippen LogP contribution in [0.4, 0.5) is 34.1 Å². The van der Waals surface area contributed by atoms with E-state index in [0.29, 0.717) is 22.5 Å². The van der Waals surface area contributed by atoms with E-state index in [2.05, 4.69) is 382 Å². The van der Waals surface area contributed by atoms with Crippen molar-refractivity contribution < 1.29 is 15.4 Å². The standard InChI is InChI=1S/C116H106N4O/c1-111(2,3)76-45-51-86-92(63-76)93-64-77(112(4,5)6)46-52-87(93)106(86)72-44-50-90-102(61-72)118(82-58-73(69-31-21-19-22-32-69)55-74(59-82)70-33-23-20-24-34-70)104-67-83(117-96-39-27-25-35-84(96)85-36-26-28-40-97(85)117)68-105-108(104)107(90)91-49-43-71(75-56-80(115(13,14)15)62-81(57-75)116(16,17)18)60-103(91)120(105)101-42-30-38-89-88-37-29-41-100(109(88)121-110(89)101)119-98-53-47-78(113(7,8)9)65-94(98)95-66-79(114(10,11)12)48-54-99(95)119/h19-68,106-107H,1-18H3/i25D,26D,27D,28D,35D,36D,39D,40D. The molecular weight excluding hydrogens is 1470 g/mol. The van der Waals surface area contributed by atoms with E-state index in [1.807, 2.05) is 12.1 Å². The van der Waals surface area contributed by atoms with Crippen LogP contribution in [0, 0.1) is 0 Å². The van der Waals surface area contributed by atoms with Crippen molar-refractivity contribution in [2.24, 2.45) is 0 Å². The van der Waals surface area contributed by atoms with Crippen molar-refractivity contribution in [2.75, 3.05) is 9.80 Å². The number of fused-ring (bicyclic) bond motifs is 16. The lowest BCUT2D eigenvalue weighted by Crippen LogP contribution is -2.30. The Morgan fingerprint density at radius 3 is 1.21 bits per heavy atom. The second kappa shape index (κ2) is 26.9. The summed E-state index contributed by atoms with van der Waals surface area (Å²) >= 11 is 0. The number of nitrogens with zero attached hydrogens (tertiary/aromatic N) is 4. The monoisotopic (exact) mass is 1580 g/mol. The molecule has 5 nitrogen and oxygen atoms in total. The average molecular weight is 1580 g/mol. The second-order valence-electron chi connectivity index (χ2n) is 40.4. The fourth-order valence-electron chi connectivity index (χ4n) is 19.6. The molecule has 3 aliphatic rings. The highest BCUT2D eigenvalue weighted by Gasteiger charge is 2.45. The van der Waals surface area contributed by atoms with Crippen molar-refractivity contribution in [3.05, 3.63) is 370 Å². The lowest BCUT2D eigenvalue weighted by atomic mass is 9.74. The van der Waals surface area contributed by atoms with Crippen LogP contribution in [0.15, 0.2) is 308 Å². The molecule has 5 heteroatoms. The van der Waals surface area contributed by atoms with Gasteiger partial charge in [-0.25, -0.2) is 0 Å². The number of anilines is 6. The molecule has 0 amide bonds. The predicted molar refractivity (Wildman–Crippen MR) is 514 cm³/mol. The Kier molecular flexibility index (Phi) is 14.9. The molecule has 1 atom stereocenters. The number of furan rings is 1. The lowest BCUT2D eigenvalue weighted by Gasteiger charge is -2.46. The van der Waals surface area contributed by atoms with E-state index in [0.717, 1.165) is 122 Å². The first-order valence-corrected chi connectivity index (χ1v) is 42.9. The van der Waals surface area contributed by atoms with Crippen LogP contribution in [0.2, 0.25) is 0 Å². The summed E-state index contributed by atoms with van der Waals surface area (Å²) in [6, 6.07) is 91.0. The fraction of sp³-hybridized carbons (Fsp3) is 0.224. The maximum absolute atomic E-state index is 10.3. The molecule has 596 valence electrons. The molecule has 0 bridgehead atoms. The molecule has 3 aromatic heterocycles. The van der Waals surface area contributed by atoms with Gasteiger partial charge in [0.2, 0.25) is 0 Å². The molecule has 0 fully saturated rings. The van der Waals surface area contributed by atoms with Crippen LogP contribution < -0.4 is 9.80 Å². The van der Waals surface area contributed by atoms with E-state index in [-0.39, 0.29) is 60.2 Å². The van der Waals surface area contributed by atoms with Crippen LogP contribution >= 0.6 is 0 Å². The highest BCUT2D eigenvalue weighted by molar-refractivity contribution is 6.17. The summed E-state index contributed by atoms with van der Waals surface area (Å²) < 4.78 is 90.7. The Morgan fingerprint density at radius 2 is 0.694 bits per heavy atom. The quantitative estimate of drug-likeness (QED) is 0.152. The van der Waals surface area contributed by atoms with Gasteiger partial charge >= 0.3 is 0 Å². The Balaban J connectivity index is 0.931. The first-order valence-electron chi connectivity index (χ1n) is 46.9. The smallest absolute Gasteiger partial charge is 0.159 e. The van der Waals surface area contributed by atoms with Crippen molar-refractivity contribution in [1.82, 2.24) is 9.13 Å². The third kappa shape index (κ3) is 12.3. The lowest BCUT2D eigenvalue weighted by molar-refractivity contribution is 0.569. The van der Waals surface area contributed by atoms with E-state index < -0.39 is 54.3 Å². The van der Waals surface area contributed by atoms with Gasteiger partial charge < -0.3 is 23.4 Å². The minimum Gasteiger partial charge on any atom is -0.452 e. The third-order valence-corrected chi connectivity index (χ3v) is 26.3.